The molecule has 1 unspecified atom stereocenters. The quantitative estimate of drug-likeness (QED) is 0.901. The van der Waals surface area contributed by atoms with Crippen molar-refractivity contribution in [2.24, 2.45) is 0 Å². The van der Waals surface area contributed by atoms with Crippen molar-refractivity contribution in [3.63, 3.8) is 0 Å². The molecule has 0 aliphatic heterocycles. The molecule has 2 rings (SSSR count). The topological polar surface area (TPSA) is 62.5 Å². The molecule has 0 aliphatic rings. The summed E-state index contributed by atoms with van der Waals surface area (Å²) < 4.78 is 1.66. The van der Waals surface area contributed by atoms with Crippen LogP contribution in [0.25, 0.3) is 5.65 Å². The van der Waals surface area contributed by atoms with E-state index in [0.717, 1.165) is 12.1 Å². The smallest absolute Gasteiger partial charge is 0.270 e. The van der Waals surface area contributed by atoms with Gasteiger partial charge in [-0.05, 0) is 19.4 Å². The van der Waals surface area contributed by atoms with Crippen LogP contribution < -0.4 is 10.2 Å². The Kier molecular flexibility index (Phi) is 3.69. The number of amides is 1. The number of aromatic nitrogens is 3. The van der Waals surface area contributed by atoms with Gasteiger partial charge in [0.2, 0.25) is 0 Å². The summed E-state index contributed by atoms with van der Waals surface area (Å²) in [5.41, 5.74) is 1.98. The number of fused-ring (bicyclic) bond motifs is 1. The summed E-state index contributed by atoms with van der Waals surface area (Å²) >= 11 is 0. The van der Waals surface area contributed by atoms with Crippen LogP contribution >= 0.6 is 0 Å². The lowest BCUT2D eigenvalue weighted by Gasteiger charge is -2.12. The van der Waals surface area contributed by atoms with Gasteiger partial charge in [-0.2, -0.15) is 5.10 Å². The first-order chi connectivity index (χ1) is 9.02. The van der Waals surface area contributed by atoms with Crippen LogP contribution in [0.2, 0.25) is 0 Å². The lowest BCUT2D eigenvalue weighted by Crippen LogP contribution is -2.32. The molecule has 0 spiro atoms. The fourth-order valence-electron chi connectivity index (χ4n) is 1.70. The SMILES string of the molecule is CCC(C)NC(=O)c1ccn2ncc(N(C)C)c2n1. The van der Waals surface area contributed by atoms with Crippen LogP contribution in [0.5, 0.6) is 0 Å². The van der Waals surface area contributed by atoms with Gasteiger partial charge in [-0.15, -0.1) is 0 Å². The van der Waals surface area contributed by atoms with Gasteiger partial charge < -0.3 is 10.2 Å². The van der Waals surface area contributed by atoms with Crippen molar-refractivity contribution in [3.8, 4) is 0 Å². The van der Waals surface area contributed by atoms with Gasteiger partial charge in [-0.3, -0.25) is 4.79 Å². The molecule has 1 N–H and O–H groups in total. The van der Waals surface area contributed by atoms with Crippen molar-refractivity contribution in [1.29, 1.82) is 0 Å². The summed E-state index contributed by atoms with van der Waals surface area (Å²) in [6, 6.07) is 1.82. The van der Waals surface area contributed by atoms with E-state index in [1.54, 1.807) is 23.0 Å². The van der Waals surface area contributed by atoms with E-state index in [4.69, 9.17) is 0 Å². The molecule has 19 heavy (non-hydrogen) atoms. The summed E-state index contributed by atoms with van der Waals surface area (Å²) in [4.78, 5) is 18.4. The van der Waals surface area contributed by atoms with Crippen molar-refractivity contribution in [2.45, 2.75) is 26.3 Å². The van der Waals surface area contributed by atoms with Gasteiger partial charge in [-0.1, -0.05) is 6.92 Å². The van der Waals surface area contributed by atoms with Crippen LogP contribution in [-0.4, -0.2) is 40.6 Å². The van der Waals surface area contributed by atoms with Crippen LogP contribution in [-0.2, 0) is 0 Å². The molecule has 0 saturated heterocycles. The molecule has 0 fully saturated rings. The van der Waals surface area contributed by atoms with Crippen LogP contribution in [0.1, 0.15) is 30.8 Å². The Morgan fingerprint density at radius 3 is 2.89 bits per heavy atom. The van der Waals surface area contributed by atoms with Crippen molar-refractivity contribution in [2.75, 3.05) is 19.0 Å². The zero-order valence-corrected chi connectivity index (χ0v) is 11.7. The molecular formula is C13H19N5O. The number of carbonyl (C=O) groups excluding carboxylic acids is 1. The maximum atomic E-state index is 12.0. The lowest BCUT2D eigenvalue weighted by molar-refractivity contribution is 0.0934. The number of carbonyl (C=O) groups is 1. The summed E-state index contributed by atoms with van der Waals surface area (Å²) in [6.07, 6.45) is 4.38. The van der Waals surface area contributed by atoms with Crippen molar-refractivity contribution in [3.05, 3.63) is 24.2 Å². The van der Waals surface area contributed by atoms with Gasteiger partial charge >= 0.3 is 0 Å². The first-order valence-electron chi connectivity index (χ1n) is 6.35. The third kappa shape index (κ3) is 2.67. The first-order valence-corrected chi connectivity index (χ1v) is 6.35. The first kappa shape index (κ1) is 13.3. The van der Waals surface area contributed by atoms with Crippen LogP contribution in [0.3, 0.4) is 0 Å². The average Bonchev–Trinajstić information content (AvgIpc) is 2.81. The second-order valence-corrected chi connectivity index (χ2v) is 4.79. The summed E-state index contributed by atoms with van der Waals surface area (Å²) in [6.45, 7) is 4.00. The van der Waals surface area contributed by atoms with Crippen LogP contribution in [0.15, 0.2) is 18.5 Å². The van der Waals surface area contributed by atoms with E-state index in [-0.39, 0.29) is 11.9 Å². The molecule has 2 aromatic heterocycles. The van der Waals surface area contributed by atoms with E-state index in [0.29, 0.717) is 11.3 Å². The number of nitrogens with one attached hydrogen (secondary N) is 1. The fourth-order valence-corrected chi connectivity index (χ4v) is 1.70. The van der Waals surface area contributed by atoms with Gasteiger partial charge in [-0.25, -0.2) is 9.50 Å². The Balaban J connectivity index is 2.34. The molecule has 2 heterocycles. The number of anilines is 1. The molecule has 0 aliphatic carbocycles. The third-order valence-corrected chi connectivity index (χ3v) is 3.05. The second-order valence-electron chi connectivity index (χ2n) is 4.79. The van der Waals surface area contributed by atoms with E-state index < -0.39 is 0 Å². The van der Waals surface area contributed by atoms with Crippen molar-refractivity contribution in [1.82, 2.24) is 19.9 Å². The molecule has 0 bridgehead atoms. The van der Waals surface area contributed by atoms with E-state index in [1.807, 2.05) is 32.8 Å². The van der Waals surface area contributed by atoms with Gasteiger partial charge in [0.05, 0.1) is 6.20 Å². The van der Waals surface area contributed by atoms with Gasteiger partial charge in [0.15, 0.2) is 5.65 Å². The number of nitrogens with zero attached hydrogens (tertiary/aromatic N) is 4. The Bertz CT molecular complexity index is 590. The standard InChI is InChI=1S/C13H19N5O/c1-5-9(2)15-13(19)10-6-7-18-12(16-10)11(8-14-18)17(3)4/h6-9H,5H2,1-4H3,(H,15,19). The molecule has 6 nitrogen and oxygen atoms in total. The molecule has 0 saturated carbocycles. The maximum Gasteiger partial charge on any atom is 0.270 e. The highest BCUT2D eigenvalue weighted by atomic mass is 16.1. The fraction of sp³-hybridized carbons (Fsp3) is 0.462. The lowest BCUT2D eigenvalue weighted by atomic mass is 10.2. The highest BCUT2D eigenvalue weighted by molar-refractivity contribution is 5.93. The Morgan fingerprint density at radius 1 is 1.53 bits per heavy atom. The highest BCUT2D eigenvalue weighted by Gasteiger charge is 2.13. The van der Waals surface area contributed by atoms with Gasteiger partial charge in [0.25, 0.3) is 5.91 Å². The number of hydrogen-bond acceptors (Lipinski definition) is 4. The molecule has 102 valence electrons. The Hall–Kier alpha value is -2.11. The van der Waals surface area contributed by atoms with Crippen LogP contribution in [0, 0.1) is 0 Å². The number of hydrogen-bond donors (Lipinski definition) is 1. The largest absolute Gasteiger partial charge is 0.373 e. The second kappa shape index (κ2) is 5.26. The zero-order chi connectivity index (χ0) is 14.0. The van der Waals surface area contributed by atoms with E-state index in [2.05, 4.69) is 15.4 Å². The van der Waals surface area contributed by atoms with E-state index in [1.165, 1.54) is 0 Å². The normalized spacial score (nSPS) is 12.4. The summed E-state index contributed by atoms with van der Waals surface area (Å²) in [7, 11) is 3.84. The predicted octanol–water partition coefficient (Wildman–Crippen LogP) is 1.32. The van der Waals surface area contributed by atoms with Gasteiger partial charge in [0.1, 0.15) is 11.4 Å². The molecule has 0 aromatic carbocycles. The van der Waals surface area contributed by atoms with E-state index >= 15 is 0 Å². The van der Waals surface area contributed by atoms with Crippen LogP contribution in [0.4, 0.5) is 5.69 Å². The molecule has 1 amide bonds. The summed E-state index contributed by atoms with van der Waals surface area (Å²) in [5, 5.41) is 7.10. The minimum atomic E-state index is -0.150. The maximum absolute atomic E-state index is 12.0. The predicted molar refractivity (Wildman–Crippen MR) is 74.5 cm³/mol. The summed E-state index contributed by atoms with van der Waals surface area (Å²) in [5.74, 6) is -0.150. The molecule has 1 atom stereocenters. The van der Waals surface area contributed by atoms with Gasteiger partial charge in [0, 0.05) is 26.3 Å². The molecule has 0 radical (unpaired) electrons. The van der Waals surface area contributed by atoms with Crippen molar-refractivity contribution >= 4 is 17.2 Å². The minimum Gasteiger partial charge on any atom is -0.373 e. The monoisotopic (exact) mass is 261 g/mol. The Morgan fingerprint density at radius 2 is 2.26 bits per heavy atom. The molecule has 6 heteroatoms. The number of rotatable bonds is 4. The third-order valence-electron chi connectivity index (χ3n) is 3.05. The average molecular weight is 261 g/mol. The molecule has 2 aromatic rings. The minimum absolute atomic E-state index is 0.142. The van der Waals surface area contributed by atoms with Crippen molar-refractivity contribution < 1.29 is 4.79 Å². The highest BCUT2D eigenvalue weighted by Crippen LogP contribution is 2.17. The van der Waals surface area contributed by atoms with E-state index in [9.17, 15) is 4.79 Å². The zero-order valence-electron chi connectivity index (χ0n) is 11.7. The molecular weight excluding hydrogens is 242 g/mol. The Labute approximate surface area is 112 Å².